The van der Waals surface area contributed by atoms with Gasteiger partial charge in [0.15, 0.2) is 9.84 Å². The molecule has 7 heteroatoms. The maximum atomic E-state index is 13.2. The molecule has 3 N–H and O–H groups in total. The van der Waals surface area contributed by atoms with Crippen LogP contribution in [0.3, 0.4) is 0 Å². The van der Waals surface area contributed by atoms with E-state index >= 15 is 0 Å². The summed E-state index contributed by atoms with van der Waals surface area (Å²) < 4.78 is 35.6. The van der Waals surface area contributed by atoms with Gasteiger partial charge < -0.3 is 11.1 Å². The minimum Gasteiger partial charge on any atom is -0.397 e. The number of rotatable bonds is 2. The molecule has 0 bridgehead atoms. The maximum absolute atomic E-state index is 13.2. The molecule has 0 radical (unpaired) electrons. The number of nitrogens with one attached hydrogen (secondary N) is 1. The molecular formula is C10H10ClFN2O2S. The molecule has 0 saturated carbocycles. The Balaban J connectivity index is 2.21. The molecule has 2 rings (SSSR count). The van der Waals surface area contributed by atoms with E-state index in [2.05, 4.69) is 5.32 Å². The summed E-state index contributed by atoms with van der Waals surface area (Å²) in [7, 11) is -3.15. The van der Waals surface area contributed by atoms with Gasteiger partial charge in [-0.15, -0.1) is 0 Å². The van der Waals surface area contributed by atoms with E-state index in [0.29, 0.717) is 5.69 Å². The number of hydrogen-bond donors (Lipinski definition) is 2. The third-order valence-electron chi connectivity index (χ3n) is 2.36. The molecule has 0 fully saturated rings. The van der Waals surface area contributed by atoms with Crippen LogP contribution in [-0.2, 0) is 9.84 Å². The molecule has 1 unspecified atom stereocenters. The number of benzene rings is 1. The first-order valence-corrected chi connectivity index (χ1v) is 6.89. The zero-order valence-corrected chi connectivity index (χ0v) is 10.2. The van der Waals surface area contributed by atoms with Crippen LogP contribution < -0.4 is 11.1 Å². The summed E-state index contributed by atoms with van der Waals surface area (Å²) in [6, 6.07) is 2.03. The summed E-state index contributed by atoms with van der Waals surface area (Å²) in [4.78, 5) is 0. The van der Waals surface area contributed by atoms with E-state index in [1.165, 1.54) is 12.1 Å². The van der Waals surface area contributed by atoms with Crippen molar-refractivity contribution >= 4 is 32.8 Å². The SMILES string of the molecule is Nc1cc(Cl)c(F)cc1NC1C=CS(=O)(=O)C1. The van der Waals surface area contributed by atoms with E-state index in [4.69, 9.17) is 17.3 Å². The number of nitrogens with two attached hydrogens (primary N) is 1. The second kappa shape index (κ2) is 4.19. The summed E-state index contributed by atoms with van der Waals surface area (Å²) in [6.45, 7) is 0. The molecule has 0 spiro atoms. The molecule has 4 nitrogen and oxygen atoms in total. The lowest BCUT2D eigenvalue weighted by Crippen LogP contribution is -2.21. The first kappa shape index (κ1) is 12.2. The summed E-state index contributed by atoms with van der Waals surface area (Å²) >= 11 is 5.56. The van der Waals surface area contributed by atoms with Gasteiger partial charge in [-0.1, -0.05) is 17.7 Å². The van der Waals surface area contributed by atoms with Crippen LogP contribution in [0.2, 0.25) is 5.02 Å². The van der Waals surface area contributed by atoms with Gasteiger partial charge in [-0.3, -0.25) is 0 Å². The fraction of sp³-hybridized carbons (Fsp3) is 0.200. The van der Waals surface area contributed by atoms with Gasteiger partial charge in [0.05, 0.1) is 28.2 Å². The van der Waals surface area contributed by atoms with Crippen LogP contribution in [0.25, 0.3) is 0 Å². The Morgan fingerprint density at radius 2 is 2.18 bits per heavy atom. The van der Waals surface area contributed by atoms with Crippen molar-refractivity contribution in [2.24, 2.45) is 0 Å². The number of hydrogen-bond acceptors (Lipinski definition) is 4. The lowest BCUT2D eigenvalue weighted by molar-refractivity contribution is 0.605. The Morgan fingerprint density at radius 3 is 2.76 bits per heavy atom. The number of sulfone groups is 1. The predicted octanol–water partition coefficient (Wildman–Crippen LogP) is 1.78. The van der Waals surface area contributed by atoms with E-state index < -0.39 is 21.7 Å². The van der Waals surface area contributed by atoms with Crippen LogP contribution >= 0.6 is 11.6 Å². The summed E-state index contributed by atoms with van der Waals surface area (Å²) in [5, 5.41) is 3.91. The molecule has 0 amide bonds. The van der Waals surface area contributed by atoms with Crippen molar-refractivity contribution in [3.8, 4) is 0 Å². The van der Waals surface area contributed by atoms with Crippen molar-refractivity contribution in [1.29, 1.82) is 0 Å². The van der Waals surface area contributed by atoms with Crippen LogP contribution in [0.1, 0.15) is 0 Å². The van der Waals surface area contributed by atoms with Crippen LogP contribution in [0.5, 0.6) is 0 Å². The largest absolute Gasteiger partial charge is 0.397 e. The molecule has 17 heavy (non-hydrogen) atoms. The van der Waals surface area contributed by atoms with E-state index in [1.807, 2.05) is 0 Å². The van der Waals surface area contributed by atoms with Crippen LogP contribution in [0, 0.1) is 5.82 Å². The lowest BCUT2D eigenvalue weighted by Gasteiger charge is -2.14. The van der Waals surface area contributed by atoms with Crippen LogP contribution in [0.15, 0.2) is 23.6 Å². The minimum absolute atomic E-state index is 0.0588. The number of anilines is 2. The smallest absolute Gasteiger partial charge is 0.173 e. The van der Waals surface area contributed by atoms with Gasteiger partial charge in [-0.25, -0.2) is 12.8 Å². The van der Waals surface area contributed by atoms with E-state index in [9.17, 15) is 12.8 Å². The standard InChI is InChI=1S/C10H10ClFN2O2S/c11-7-3-9(13)10(4-8(7)12)14-6-1-2-17(15,16)5-6/h1-4,6,14H,5,13H2. The topological polar surface area (TPSA) is 72.2 Å². The van der Waals surface area contributed by atoms with Gasteiger partial charge in [-0.2, -0.15) is 0 Å². The third-order valence-corrected chi connectivity index (χ3v) is 4.05. The highest BCUT2D eigenvalue weighted by molar-refractivity contribution is 7.94. The molecule has 92 valence electrons. The van der Waals surface area contributed by atoms with Gasteiger partial charge in [0, 0.05) is 11.5 Å². The minimum atomic E-state index is -3.15. The Morgan fingerprint density at radius 1 is 1.47 bits per heavy atom. The average Bonchev–Trinajstić information content (AvgIpc) is 2.54. The van der Waals surface area contributed by atoms with Crippen LogP contribution in [0.4, 0.5) is 15.8 Å². The Labute approximate surface area is 103 Å². The normalized spacial score (nSPS) is 21.6. The molecule has 1 aliphatic heterocycles. The highest BCUT2D eigenvalue weighted by atomic mass is 35.5. The quantitative estimate of drug-likeness (QED) is 0.808. The van der Waals surface area contributed by atoms with Gasteiger partial charge in [0.25, 0.3) is 0 Å². The van der Waals surface area contributed by atoms with Crippen molar-refractivity contribution in [3.05, 3.63) is 34.5 Å². The molecule has 1 aliphatic rings. The zero-order chi connectivity index (χ0) is 12.6. The monoisotopic (exact) mass is 276 g/mol. The van der Waals surface area contributed by atoms with Crippen molar-refractivity contribution < 1.29 is 12.8 Å². The second-order valence-corrected chi connectivity index (χ2v) is 6.10. The molecule has 0 saturated heterocycles. The highest BCUT2D eigenvalue weighted by Crippen LogP contribution is 2.27. The molecule has 1 aromatic rings. The zero-order valence-electron chi connectivity index (χ0n) is 8.65. The Bertz CT molecular complexity index is 586. The van der Waals surface area contributed by atoms with E-state index in [1.54, 1.807) is 0 Å². The molecular weight excluding hydrogens is 267 g/mol. The highest BCUT2D eigenvalue weighted by Gasteiger charge is 2.22. The van der Waals surface area contributed by atoms with Gasteiger partial charge in [-0.05, 0) is 6.07 Å². The maximum Gasteiger partial charge on any atom is 0.173 e. The predicted molar refractivity (Wildman–Crippen MR) is 66.2 cm³/mol. The van der Waals surface area contributed by atoms with Crippen molar-refractivity contribution in [2.75, 3.05) is 16.8 Å². The molecule has 1 heterocycles. The van der Waals surface area contributed by atoms with Gasteiger partial charge in [0.1, 0.15) is 5.82 Å². The lowest BCUT2D eigenvalue weighted by atomic mass is 10.2. The molecule has 0 aromatic heterocycles. The van der Waals surface area contributed by atoms with Crippen molar-refractivity contribution in [2.45, 2.75) is 6.04 Å². The molecule has 1 aromatic carbocycles. The van der Waals surface area contributed by atoms with Crippen molar-refractivity contribution in [3.63, 3.8) is 0 Å². The molecule has 0 aliphatic carbocycles. The first-order valence-electron chi connectivity index (χ1n) is 4.79. The summed E-state index contributed by atoms with van der Waals surface area (Å²) in [5.74, 6) is -0.662. The fourth-order valence-corrected chi connectivity index (χ4v) is 2.96. The Hall–Kier alpha value is -1.27. The third kappa shape index (κ3) is 2.70. The van der Waals surface area contributed by atoms with Crippen LogP contribution in [-0.4, -0.2) is 20.2 Å². The second-order valence-electron chi connectivity index (χ2n) is 3.76. The summed E-state index contributed by atoms with van der Waals surface area (Å²) in [6.07, 6.45) is 1.50. The fourth-order valence-electron chi connectivity index (χ4n) is 1.55. The van der Waals surface area contributed by atoms with Crippen molar-refractivity contribution in [1.82, 2.24) is 0 Å². The summed E-state index contributed by atoms with van der Waals surface area (Å²) in [5.41, 5.74) is 6.25. The number of halogens is 2. The molecule has 1 atom stereocenters. The Kier molecular flexibility index (Phi) is 3.01. The van der Waals surface area contributed by atoms with E-state index in [-0.39, 0.29) is 16.5 Å². The average molecular weight is 277 g/mol. The van der Waals surface area contributed by atoms with Gasteiger partial charge in [0.2, 0.25) is 0 Å². The number of nitrogen functional groups attached to an aromatic ring is 1. The van der Waals surface area contributed by atoms with E-state index in [0.717, 1.165) is 11.5 Å². The first-order chi connectivity index (χ1) is 7.87. The van der Waals surface area contributed by atoms with Gasteiger partial charge >= 0.3 is 0 Å².